The van der Waals surface area contributed by atoms with Gasteiger partial charge >= 0.3 is 0 Å². The van der Waals surface area contributed by atoms with E-state index in [0.29, 0.717) is 0 Å². The first-order valence-electron chi connectivity index (χ1n) is 6.53. The predicted molar refractivity (Wildman–Crippen MR) is 76.2 cm³/mol. The molecule has 1 unspecified atom stereocenters. The fourth-order valence-corrected chi connectivity index (χ4v) is 2.07. The highest BCUT2D eigenvalue weighted by atomic mass is 16.5. The zero-order chi connectivity index (χ0) is 13.7. The summed E-state index contributed by atoms with van der Waals surface area (Å²) in [4.78, 5) is 4.30. The molecule has 1 aromatic carbocycles. The van der Waals surface area contributed by atoms with Crippen LogP contribution in [0.15, 0.2) is 36.7 Å². The number of methoxy groups -OCH3 is 1. The molecule has 2 N–H and O–H groups in total. The number of aromatic nitrogens is 2. The van der Waals surface area contributed by atoms with Crippen LogP contribution < -0.4 is 10.5 Å². The molecule has 1 heterocycles. The van der Waals surface area contributed by atoms with Gasteiger partial charge in [0.15, 0.2) is 0 Å². The normalized spacial score (nSPS) is 12.4. The molecule has 0 radical (unpaired) electrons. The second kappa shape index (κ2) is 6.38. The number of hydrogen-bond donors (Lipinski definition) is 1. The van der Waals surface area contributed by atoms with Gasteiger partial charge in [-0.1, -0.05) is 12.1 Å². The maximum Gasteiger partial charge on any atom is 0.118 e. The van der Waals surface area contributed by atoms with Gasteiger partial charge in [0.2, 0.25) is 0 Å². The van der Waals surface area contributed by atoms with Crippen LogP contribution in [0, 0.1) is 0 Å². The van der Waals surface area contributed by atoms with Gasteiger partial charge in [-0.3, -0.25) is 0 Å². The van der Waals surface area contributed by atoms with Gasteiger partial charge in [0.05, 0.1) is 7.11 Å². The van der Waals surface area contributed by atoms with Crippen molar-refractivity contribution in [1.82, 2.24) is 9.55 Å². The molecule has 0 aliphatic carbocycles. The highest BCUT2D eigenvalue weighted by Gasteiger charge is 2.08. The lowest BCUT2D eigenvalue weighted by Crippen LogP contribution is -2.25. The quantitative estimate of drug-likeness (QED) is 0.862. The number of nitrogens with zero attached hydrogens (tertiary/aromatic N) is 2. The Kier molecular flexibility index (Phi) is 4.58. The number of rotatable bonds is 6. The Bertz CT molecular complexity index is 504. The molecule has 1 aromatic heterocycles. The monoisotopic (exact) mass is 259 g/mol. The Balaban J connectivity index is 1.82. The summed E-state index contributed by atoms with van der Waals surface area (Å²) in [5.74, 6) is 1.93. The fourth-order valence-electron chi connectivity index (χ4n) is 2.07. The Morgan fingerprint density at radius 3 is 2.63 bits per heavy atom. The number of aryl methyl sites for hydroxylation is 2. The summed E-state index contributed by atoms with van der Waals surface area (Å²) < 4.78 is 7.16. The minimum absolute atomic E-state index is 0.142. The fraction of sp³-hybridized carbons (Fsp3) is 0.400. The lowest BCUT2D eigenvalue weighted by Gasteiger charge is -2.11. The molecular weight excluding hydrogens is 238 g/mol. The van der Waals surface area contributed by atoms with Crippen molar-refractivity contribution < 1.29 is 4.74 Å². The highest BCUT2D eigenvalue weighted by Crippen LogP contribution is 2.13. The van der Waals surface area contributed by atoms with Gasteiger partial charge in [0, 0.05) is 31.9 Å². The Morgan fingerprint density at radius 1 is 1.32 bits per heavy atom. The molecule has 0 aliphatic rings. The van der Waals surface area contributed by atoms with Crippen LogP contribution in [0.5, 0.6) is 5.75 Å². The van der Waals surface area contributed by atoms with Gasteiger partial charge in [0.25, 0.3) is 0 Å². The highest BCUT2D eigenvalue weighted by molar-refractivity contribution is 5.27. The van der Waals surface area contributed by atoms with E-state index in [-0.39, 0.29) is 6.04 Å². The van der Waals surface area contributed by atoms with Crippen LogP contribution in [0.2, 0.25) is 0 Å². The third-order valence-electron chi connectivity index (χ3n) is 3.33. The number of ether oxygens (including phenoxy) is 1. The van der Waals surface area contributed by atoms with Crippen molar-refractivity contribution in [3.05, 3.63) is 48.0 Å². The van der Waals surface area contributed by atoms with Crippen LogP contribution in [-0.4, -0.2) is 22.7 Å². The van der Waals surface area contributed by atoms with E-state index < -0.39 is 0 Å². The number of benzene rings is 1. The van der Waals surface area contributed by atoms with Gasteiger partial charge in [-0.05, 0) is 30.5 Å². The number of hydrogen-bond acceptors (Lipinski definition) is 3. The van der Waals surface area contributed by atoms with Gasteiger partial charge in [-0.25, -0.2) is 4.98 Å². The van der Waals surface area contributed by atoms with Crippen LogP contribution in [0.4, 0.5) is 0 Å². The van der Waals surface area contributed by atoms with Gasteiger partial charge in [0.1, 0.15) is 11.6 Å². The van der Waals surface area contributed by atoms with Crippen molar-refractivity contribution in [2.45, 2.75) is 25.3 Å². The number of nitrogens with two attached hydrogens (primary N) is 1. The Morgan fingerprint density at radius 2 is 2.05 bits per heavy atom. The molecule has 102 valence electrons. The smallest absolute Gasteiger partial charge is 0.118 e. The van der Waals surface area contributed by atoms with E-state index in [1.165, 1.54) is 5.56 Å². The average molecular weight is 259 g/mol. The van der Waals surface area contributed by atoms with Crippen molar-refractivity contribution in [3.8, 4) is 5.75 Å². The molecule has 0 spiro atoms. The second-order valence-electron chi connectivity index (χ2n) is 4.81. The largest absolute Gasteiger partial charge is 0.497 e. The molecule has 0 fully saturated rings. The van der Waals surface area contributed by atoms with Crippen molar-refractivity contribution >= 4 is 0 Å². The molecule has 0 saturated heterocycles. The van der Waals surface area contributed by atoms with E-state index in [1.54, 1.807) is 7.11 Å². The molecule has 0 amide bonds. The van der Waals surface area contributed by atoms with Gasteiger partial charge in [-0.15, -0.1) is 0 Å². The maximum atomic E-state index is 6.16. The van der Waals surface area contributed by atoms with E-state index in [0.717, 1.165) is 30.8 Å². The summed E-state index contributed by atoms with van der Waals surface area (Å²) in [7, 11) is 3.68. The second-order valence-corrected chi connectivity index (χ2v) is 4.81. The lowest BCUT2D eigenvalue weighted by molar-refractivity contribution is 0.414. The van der Waals surface area contributed by atoms with Crippen LogP contribution in [0.25, 0.3) is 0 Å². The topological polar surface area (TPSA) is 53.1 Å². The molecule has 1 atom stereocenters. The third kappa shape index (κ3) is 3.83. The molecule has 19 heavy (non-hydrogen) atoms. The SMILES string of the molecule is COc1ccc(CCC(N)Cc2nccn2C)cc1. The molecule has 2 rings (SSSR count). The van der Waals surface area contributed by atoms with E-state index in [4.69, 9.17) is 10.5 Å². The van der Waals surface area contributed by atoms with Crippen LogP contribution in [0.3, 0.4) is 0 Å². The van der Waals surface area contributed by atoms with Crippen molar-refractivity contribution in [1.29, 1.82) is 0 Å². The molecule has 4 heteroatoms. The summed E-state index contributed by atoms with van der Waals surface area (Å²) in [5.41, 5.74) is 7.45. The summed E-state index contributed by atoms with van der Waals surface area (Å²) >= 11 is 0. The van der Waals surface area contributed by atoms with Crippen molar-refractivity contribution in [3.63, 3.8) is 0 Å². The summed E-state index contributed by atoms with van der Waals surface area (Å²) in [5, 5.41) is 0. The summed E-state index contributed by atoms with van der Waals surface area (Å²) in [6, 6.07) is 8.29. The molecule has 0 aliphatic heterocycles. The zero-order valence-corrected chi connectivity index (χ0v) is 11.5. The van der Waals surface area contributed by atoms with Crippen LogP contribution >= 0.6 is 0 Å². The van der Waals surface area contributed by atoms with E-state index in [2.05, 4.69) is 17.1 Å². The Hall–Kier alpha value is -1.81. The summed E-state index contributed by atoms with van der Waals surface area (Å²) in [6.07, 6.45) is 6.52. The van der Waals surface area contributed by atoms with Crippen LogP contribution in [-0.2, 0) is 19.9 Å². The Labute approximate surface area is 114 Å². The standard InChI is InChI=1S/C15H21N3O/c1-18-10-9-17-15(18)11-13(16)6-3-12-4-7-14(19-2)8-5-12/h4-5,7-10,13H,3,6,11,16H2,1-2H3. The predicted octanol–water partition coefficient (Wildman–Crippen LogP) is 1.93. The van der Waals surface area contributed by atoms with E-state index >= 15 is 0 Å². The summed E-state index contributed by atoms with van der Waals surface area (Å²) in [6.45, 7) is 0. The van der Waals surface area contributed by atoms with E-state index in [9.17, 15) is 0 Å². The molecule has 0 saturated carbocycles. The van der Waals surface area contributed by atoms with E-state index in [1.807, 2.05) is 36.1 Å². The minimum atomic E-state index is 0.142. The van der Waals surface area contributed by atoms with Crippen LogP contribution in [0.1, 0.15) is 17.8 Å². The molecular formula is C15H21N3O. The molecule has 4 nitrogen and oxygen atoms in total. The zero-order valence-electron chi connectivity index (χ0n) is 11.5. The van der Waals surface area contributed by atoms with Gasteiger partial charge in [-0.2, -0.15) is 0 Å². The first kappa shape index (κ1) is 13.6. The lowest BCUT2D eigenvalue weighted by atomic mass is 10.0. The molecule has 2 aromatic rings. The number of imidazole rings is 1. The maximum absolute atomic E-state index is 6.16. The third-order valence-corrected chi connectivity index (χ3v) is 3.33. The minimum Gasteiger partial charge on any atom is -0.497 e. The first-order valence-corrected chi connectivity index (χ1v) is 6.53. The first-order chi connectivity index (χ1) is 9.19. The van der Waals surface area contributed by atoms with Crippen molar-refractivity contribution in [2.24, 2.45) is 12.8 Å². The van der Waals surface area contributed by atoms with Gasteiger partial charge < -0.3 is 15.0 Å². The molecule has 0 bridgehead atoms. The van der Waals surface area contributed by atoms with Crippen molar-refractivity contribution in [2.75, 3.05) is 7.11 Å². The average Bonchev–Trinajstić information content (AvgIpc) is 2.82.